The van der Waals surface area contributed by atoms with Crippen LogP contribution in [-0.2, 0) is 0 Å². The molecule has 1 aliphatic rings. The Hall–Kier alpha value is -1.85. The van der Waals surface area contributed by atoms with Crippen LogP contribution in [0.15, 0.2) is 12.1 Å². The van der Waals surface area contributed by atoms with E-state index in [1.165, 1.54) is 25.0 Å². The summed E-state index contributed by atoms with van der Waals surface area (Å²) in [7, 11) is 0. The summed E-state index contributed by atoms with van der Waals surface area (Å²) in [6.45, 7) is 4.71. The van der Waals surface area contributed by atoms with Crippen LogP contribution in [0.5, 0.6) is 0 Å². The number of anilines is 2. The summed E-state index contributed by atoms with van der Waals surface area (Å²) in [5.41, 5.74) is 0.0621. The lowest BCUT2D eigenvalue weighted by Crippen LogP contribution is -2.17. The highest BCUT2D eigenvalue weighted by atomic mass is 16.6. The molecule has 6 heteroatoms. The van der Waals surface area contributed by atoms with Crippen LogP contribution in [0.25, 0.3) is 0 Å². The van der Waals surface area contributed by atoms with Gasteiger partial charge in [-0.25, -0.2) is 4.98 Å². The van der Waals surface area contributed by atoms with Gasteiger partial charge in [0.15, 0.2) is 0 Å². The third kappa shape index (κ3) is 4.08. The molecule has 1 fully saturated rings. The van der Waals surface area contributed by atoms with Crippen molar-refractivity contribution in [3.8, 4) is 0 Å². The van der Waals surface area contributed by atoms with Gasteiger partial charge in [-0.2, -0.15) is 0 Å². The van der Waals surface area contributed by atoms with E-state index in [1.54, 1.807) is 0 Å². The number of nitro groups is 1. The van der Waals surface area contributed by atoms with E-state index < -0.39 is 0 Å². The number of pyridine rings is 1. The monoisotopic (exact) mass is 264 g/mol. The van der Waals surface area contributed by atoms with E-state index in [-0.39, 0.29) is 16.7 Å². The average Bonchev–Trinajstić information content (AvgIpc) is 3.12. The zero-order valence-electron chi connectivity index (χ0n) is 11.3. The fraction of sp³-hybridized carbons (Fsp3) is 0.615. The molecule has 1 aliphatic carbocycles. The molecule has 104 valence electrons. The van der Waals surface area contributed by atoms with Crippen molar-refractivity contribution in [2.24, 2.45) is 5.92 Å². The fourth-order valence-electron chi connectivity index (χ4n) is 2.13. The normalized spacial score (nSPS) is 15.9. The first kappa shape index (κ1) is 13.6. The molecule has 0 aliphatic heterocycles. The number of nitrogens with zero attached hydrogens (tertiary/aromatic N) is 2. The minimum Gasteiger partial charge on any atom is -0.370 e. The van der Waals surface area contributed by atoms with E-state index in [1.807, 2.05) is 6.92 Å². The van der Waals surface area contributed by atoms with Gasteiger partial charge in [0.2, 0.25) is 0 Å². The Morgan fingerprint density at radius 3 is 2.74 bits per heavy atom. The van der Waals surface area contributed by atoms with Crippen molar-refractivity contribution in [2.75, 3.05) is 17.2 Å². The summed E-state index contributed by atoms with van der Waals surface area (Å²) >= 11 is 0. The van der Waals surface area contributed by atoms with Crippen molar-refractivity contribution >= 4 is 17.3 Å². The molecule has 2 rings (SSSR count). The van der Waals surface area contributed by atoms with Gasteiger partial charge < -0.3 is 10.6 Å². The van der Waals surface area contributed by atoms with Crippen LogP contribution >= 0.6 is 0 Å². The Bertz CT molecular complexity index is 460. The van der Waals surface area contributed by atoms with Crippen LogP contribution in [0.2, 0.25) is 0 Å². The second-order valence-corrected chi connectivity index (χ2v) is 5.11. The van der Waals surface area contributed by atoms with Crippen molar-refractivity contribution < 1.29 is 4.92 Å². The number of aromatic nitrogens is 1. The quantitative estimate of drug-likeness (QED) is 0.584. The summed E-state index contributed by atoms with van der Waals surface area (Å²) < 4.78 is 0. The van der Waals surface area contributed by atoms with Crippen LogP contribution < -0.4 is 10.6 Å². The maximum absolute atomic E-state index is 10.9. The zero-order valence-corrected chi connectivity index (χ0v) is 11.3. The number of nitrogens with one attached hydrogen (secondary N) is 2. The molecule has 1 aromatic rings. The Labute approximate surface area is 112 Å². The number of rotatable bonds is 7. The predicted molar refractivity (Wildman–Crippen MR) is 75.5 cm³/mol. The van der Waals surface area contributed by atoms with Crippen LogP contribution in [0, 0.1) is 16.0 Å². The molecule has 0 amide bonds. The molecule has 0 radical (unpaired) electrons. The molecule has 2 N–H and O–H groups in total. The van der Waals surface area contributed by atoms with Gasteiger partial charge in [-0.1, -0.05) is 12.8 Å². The van der Waals surface area contributed by atoms with Gasteiger partial charge in [0.25, 0.3) is 5.69 Å². The van der Waals surface area contributed by atoms with E-state index in [0.717, 1.165) is 12.3 Å². The fourth-order valence-corrected chi connectivity index (χ4v) is 2.13. The average molecular weight is 264 g/mol. The first-order chi connectivity index (χ1) is 9.08. The van der Waals surface area contributed by atoms with E-state index in [2.05, 4.69) is 22.5 Å². The van der Waals surface area contributed by atoms with Gasteiger partial charge in [0, 0.05) is 12.6 Å². The van der Waals surface area contributed by atoms with Crippen LogP contribution in [-0.4, -0.2) is 22.5 Å². The minimum absolute atomic E-state index is 0.0621. The lowest BCUT2D eigenvalue weighted by atomic mass is 10.1. The summed E-state index contributed by atoms with van der Waals surface area (Å²) in [5.74, 6) is 1.92. The lowest BCUT2D eigenvalue weighted by molar-refractivity contribution is -0.384. The third-order valence-corrected chi connectivity index (χ3v) is 3.16. The van der Waals surface area contributed by atoms with Crippen LogP contribution in [0.1, 0.15) is 33.1 Å². The first-order valence-electron chi connectivity index (χ1n) is 6.75. The van der Waals surface area contributed by atoms with Crippen LogP contribution in [0.3, 0.4) is 0 Å². The van der Waals surface area contributed by atoms with Crippen molar-refractivity contribution in [3.05, 3.63) is 22.2 Å². The molecule has 19 heavy (non-hydrogen) atoms. The predicted octanol–water partition coefficient (Wildman–Crippen LogP) is 3.02. The Morgan fingerprint density at radius 2 is 2.16 bits per heavy atom. The second-order valence-electron chi connectivity index (χ2n) is 5.11. The molecule has 1 unspecified atom stereocenters. The number of hydrogen-bond acceptors (Lipinski definition) is 5. The van der Waals surface area contributed by atoms with Crippen molar-refractivity contribution in [2.45, 2.75) is 39.2 Å². The highest BCUT2D eigenvalue weighted by Crippen LogP contribution is 2.34. The van der Waals surface area contributed by atoms with Crippen molar-refractivity contribution in [1.29, 1.82) is 0 Å². The highest BCUT2D eigenvalue weighted by molar-refractivity contribution is 5.54. The van der Waals surface area contributed by atoms with Crippen molar-refractivity contribution in [3.63, 3.8) is 0 Å². The smallest absolute Gasteiger partial charge is 0.276 e. The van der Waals surface area contributed by atoms with E-state index in [0.29, 0.717) is 18.2 Å². The molecule has 1 heterocycles. The summed E-state index contributed by atoms with van der Waals surface area (Å²) in [4.78, 5) is 14.9. The molecule has 1 saturated carbocycles. The van der Waals surface area contributed by atoms with Gasteiger partial charge in [-0.15, -0.1) is 0 Å². The number of hydrogen-bond donors (Lipinski definition) is 2. The maximum Gasteiger partial charge on any atom is 0.276 e. The first-order valence-corrected chi connectivity index (χ1v) is 6.75. The maximum atomic E-state index is 10.9. The SMILES string of the molecule is CCNc1cc([N+](=O)[O-])cc(NC(C)CC2CC2)n1. The largest absolute Gasteiger partial charge is 0.370 e. The van der Waals surface area contributed by atoms with Gasteiger partial charge in [-0.3, -0.25) is 10.1 Å². The molecule has 0 spiro atoms. The van der Waals surface area contributed by atoms with Gasteiger partial charge >= 0.3 is 0 Å². The standard InChI is InChI=1S/C13H20N4O2/c1-3-14-12-7-11(17(18)19)8-13(16-12)15-9(2)6-10-4-5-10/h7-10H,3-6H2,1-2H3,(H2,14,15,16). The van der Waals surface area contributed by atoms with E-state index in [9.17, 15) is 10.1 Å². The van der Waals surface area contributed by atoms with Gasteiger partial charge in [0.05, 0.1) is 17.1 Å². The molecular formula is C13H20N4O2. The van der Waals surface area contributed by atoms with Gasteiger partial charge in [-0.05, 0) is 26.2 Å². The van der Waals surface area contributed by atoms with Crippen molar-refractivity contribution in [1.82, 2.24) is 4.98 Å². The molecule has 0 bridgehead atoms. The second kappa shape index (κ2) is 5.86. The Balaban J connectivity index is 2.10. The third-order valence-electron chi connectivity index (χ3n) is 3.16. The highest BCUT2D eigenvalue weighted by Gasteiger charge is 2.24. The van der Waals surface area contributed by atoms with E-state index in [4.69, 9.17) is 0 Å². The van der Waals surface area contributed by atoms with Crippen LogP contribution in [0.4, 0.5) is 17.3 Å². The summed E-state index contributed by atoms with van der Waals surface area (Å²) in [6, 6.07) is 3.24. The van der Waals surface area contributed by atoms with Gasteiger partial charge in [0.1, 0.15) is 11.6 Å². The lowest BCUT2D eigenvalue weighted by Gasteiger charge is -2.14. The van der Waals surface area contributed by atoms with E-state index >= 15 is 0 Å². The Kier molecular flexibility index (Phi) is 4.19. The summed E-state index contributed by atoms with van der Waals surface area (Å²) in [5, 5.41) is 17.2. The summed E-state index contributed by atoms with van der Waals surface area (Å²) in [6.07, 6.45) is 3.70. The minimum atomic E-state index is -0.390. The molecule has 0 aromatic carbocycles. The molecular weight excluding hydrogens is 244 g/mol. The topological polar surface area (TPSA) is 80.1 Å². The molecule has 1 aromatic heterocycles. The molecule has 6 nitrogen and oxygen atoms in total. The zero-order chi connectivity index (χ0) is 13.8. The Morgan fingerprint density at radius 1 is 1.47 bits per heavy atom. The molecule has 1 atom stereocenters. The molecule has 0 saturated heterocycles.